The van der Waals surface area contributed by atoms with Gasteiger partial charge in [-0.2, -0.15) is 4.98 Å². The first-order valence-corrected chi connectivity index (χ1v) is 8.44. The summed E-state index contributed by atoms with van der Waals surface area (Å²) >= 11 is 0. The zero-order valence-electron chi connectivity index (χ0n) is 10.9. The summed E-state index contributed by atoms with van der Waals surface area (Å²) < 4.78 is 27.8. The largest absolute Gasteiger partial charge is 0.337 e. The normalized spacial score (nSPS) is 25.8. The maximum Gasteiger partial charge on any atom is 0.295 e. The third kappa shape index (κ3) is 2.68. The number of hydrogen-bond donors (Lipinski definition) is 1. The molecule has 0 saturated carbocycles. The molecule has 1 N–H and O–H groups in total. The number of amides is 1. The molecule has 0 radical (unpaired) electrons. The number of carbonyl (C=O) groups is 1. The lowest BCUT2D eigenvalue weighted by molar-refractivity contribution is 0.0754. The smallest absolute Gasteiger partial charge is 0.295 e. The summed E-state index contributed by atoms with van der Waals surface area (Å²) in [6.07, 6.45) is 1.96. The number of hydrogen-bond acceptors (Lipinski definition) is 7. The quantitative estimate of drug-likeness (QED) is 0.774. The topological polar surface area (TPSA) is 105 Å². The van der Waals surface area contributed by atoms with Crippen LogP contribution in [-0.2, 0) is 9.84 Å². The Balaban J connectivity index is 1.68. The van der Waals surface area contributed by atoms with E-state index in [2.05, 4.69) is 15.5 Å². The predicted octanol–water partition coefficient (Wildman–Crippen LogP) is -0.635. The SMILES string of the molecule is O=C(c1noc(C2CCCN2)n1)N1CCS(=O)(=O)CC1. The Morgan fingerprint density at radius 2 is 2.10 bits per heavy atom. The van der Waals surface area contributed by atoms with Crippen LogP contribution >= 0.6 is 0 Å². The molecule has 0 bridgehead atoms. The van der Waals surface area contributed by atoms with Gasteiger partial charge in [-0.3, -0.25) is 4.79 Å². The molecule has 0 spiro atoms. The standard InChI is InChI=1S/C11H16N4O4S/c16-11(15-4-6-20(17,18)7-5-15)9-13-10(19-14-9)8-2-1-3-12-8/h8,12H,1-7H2. The van der Waals surface area contributed by atoms with Crippen molar-refractivity contribution >= 4 is 15.7 Å². The van der Waals surface area contributed by atoms with Crippen LogP contribution in [0.25, 0.3) is 0 Å². The molecule has 20 heavy (non-hydrogen) atoms. The van der Waals surface area contributed by atoms with Gasteiger partial charge in [0.15, 0.2) is 9.84 Å². The molecule has 1 aromatic heterocycles. The maximum absolute atomic E-state index is 12.2. The summed E-state index contributed by atoms with van der Waals surface area (Å²) in [6.45, 7) is 1.28. The molecule has 2 fully saturated rings. The summed E-state index contributed by atoms with van der Waals surface area (Å²) in [5.74, 6) is 0.0534. The Hall–Kier alpha value is -1.48. The fourth-order valence-electron chi connectivity index (χ4n) is 2.42. The third-order valence-electron chi connectivity index (χ3n) is 3.62. The lowest BCUT2D eigenvalue weighted by Crippen LogP contribution is -2.44. The third-order valence-corrected chi connectivity index (χ3v) is 5.23. The van der Waals surface area contributed by atoms with Crippen molar-refractivity contribution in [3.63, 3.8) is 0 Å². The van der Waals surface area contributed by atoms with Gasteiger partial charge in [0.05, 0.1) is 17.5 Å². The van der Waals surface area contributed by atoms with Crippen molar-refractivity contribution in [2.75, 3.05) is 31.1 Å². The minimum absolute atomic E-state index is 0.00632. The van der Waals surface area contributed by atoms with Gasteiger partial charge in [-0.05, 0) is 19.4 Å². The van der Waals surface area contributed by atoms with Crippen molar-refractivity contribution in [2.45, 2.75) is 18.9 Å². The molecule has 2 aliphatic rings. The van der Waals surface area contributed by atoms with E-state index in [0.29, 0.717) is 5.89 Å². The highest BCUT2D eigenvalue weighted by Crippen LogP contribution is 2.21. The predicted molar refractivity (Wildman–Crippen MR) is 68.8 cm³/mol. The molecule has 9 heteroatoms. The van der Waals surface area contributed by atoms with Gasteiger partial charge >= 0.3 is 0 Å². The van der Waals surface area contributed by atoms with Crippen molar-refractivity contribution in [3.8, 4) is 0 Å². The minimum atomic E-state index is -3.01. The highest BCUT2D eigenvalue weighted by atomic mass is 32.2. The first-order chi connectivity index (χ1) is 9.55. The van der Waals surface area contributed by atoms with E-state index < -0.39 is 9.84 Å². The van der Waals surface area contributed by atoms with Crippen LogP contribution in [0, 0.1) is 0 Å². The summed E-state index contributed by atoms with van der Waals surface area (Å²) in [5.41, 5.74) is 0. The van der Waals surface area contributed by atoms with Crippen LogP contribution < -0.4 is 5.32 Å². The second kappa shape index (κ2) is 5.13. The zero-order valence-corrected chi connectivity index (χ0v) is 11.7. The van der Waals surface area contributed by atoms with E-state index in [4.69, 9.17) is 4.52 Å². The molecular weight excluding hydrogens is 284 g/mol. The number of aromatic nitrogens is 2. The van der Waals surface area contributed by atoms with E-state index in [0.717, 1.165) is 19.4 Å². The van der Waals surface area contributed by atoms with Crippen LogP contribution in [0.5, 0.6) is 0 Å². The molecule has 3 heterocycles. The van der Waals surface area contributed by atoms with Crippen LogP contribution in [0.1, 0.15) is 35.4 Å². The second-order valence-electron chi connectivity index (χ2n) is 5.05. The lowest BCUT2D eigenvalue weighted by Gasteiger charge is -2.25. The summed E-state index contributed by atoms with van der Waals surface area (Å²) in [5, 5.41) is 6.92. The van der Waals surface area contributed by atoms with Gasteiger partial charge in [0.1, 0.15) is 0 Å². The van der Waals surface area contributed by atoms with Crippen molar-refractivity contribution in [2.24, 2.45) is 0 Å². The summed E-state index contributed by atoms with van der Waals surface area (Å²) in [4.78, 5) is 17.7. The average molecular weight is 300 g/mol. The Kier molecular flexibility index (Phi) is 3.47. The van der Waals surface area contributed by atoms with E-state index >= 15 is 0 Å². The summed E-state index contributed by atoms with van der Waals surface area (Å²) in [6, 6.07) is 0.0192. The first-order valence-electron chi connectivity index (χ1n) is 6.62. The molecule has 1 aromatic rings. The Bertz CT molecular complexity index is 592. The average Bonchev–Trinajstić information content (AvgIpc) is 3.09. The molecule has 3 rings (SSSR count). The lowest BCUT2D eigenvalue weighted by atomic mass is 10.2. The molecule has 1 unspecified atom stereocenters. The van der Waals surface area contributed by atoms with E-state index in [1.165, 1.54) is 4.90 Å². The zero-order chi connectivity index (χ0) is 14.2. The van der Waals surface area contributed by atoms with E-state index in [9.17, 15) is 13.2 Å². The highest BCUT2D eigenvalue weighted by molar-refractivity contribution is 7.91. The molecular formula is C11H16N4O4S. The van der Waals surface area contributed by atoms with Crippen molar-refractivity contribution in [3.05, 3.63) is 11.7 Å². The van der Waals surface area contributed by atoms with Crippen LogP contribution in [0.3, 0.4) is 0 Å². The molecule has 2 aliphatic heterocycles. The fourth-order valence-corrected chi connectivity index (χ4v) is 3.62. The Morgan fingerprint density at radius 3 is 2.75 bits per heavy atom. The molecule has 0 aliphatic carbocycles. The van der Waals surface area contributed by atoms with Crippen LogP contribution in [0.4, 0.5) is 0 Å². The van der Waals surface area contributed by atoms with Gasteiger partial charge in [0, 0.05) is 13.1 Å². The summed E-state index contributed by atoms with van der Waals surface area (Å²) in [7, 11) is -3.01. The van der Waals surface area contributed by atoms with Gasteiger partial charge < -0.3 is 14.7 Å². The maximum atomic E-state index is 12.2. The second-order valence-corrected chi connectivity index (χ2v) is 7.35. The van der Waals surface area contributed by atoms with E-state index in [1.54, 1.807) is 0 Å². The fraction of sp³-hybridized carbons (Fsp3) is 0.727. The molecule has 1 atom stereocenters. The number of nitrogens with one attached hydrogen (secondary N) is 1. The van der Waals surface area contributed by atoms with Crippen LogP contribution in [0.15, 0.2) is 4.52 Å². The molecule has 110 valence electrons. The van der Waals surface area contributed by atoms with Crippen molar-refractivity contribution in [1.82, 2.24) is 20.4 Å². The van der Waals surface area contributed by atoms with Crippen molar-refractivity contribution in [1.29, 1.82) is 0 Å². The van der Waals surface area contributed by atoms with Crippen molar-refractivity contribution < 1.29 is 17.7 Å². The van der Waals surface area contributed by atoms with Gasteiger partial charge in [-0.1, -0.05) is 5.16 Å². The molecule has 2 saturated heterocycles. The Morgan fingerprint density at radius 1 is 1.35 bits per heavy atom. The van der Waals surface area contributed by atoms with Gasteiger partial charge in [0.25, 0.3) is 11.7 Å². The van der Waals surface area contributed by atoms with E-state index in [-0.39, 0.29) is 42.4 Å². The highest BCUT2D eigenvalue weighted by Gasteiger charge is 2.30. The number of carbonyl (C=O) groups excluding carboxylic acids is 1. The molecule has 1 amide bonds. The molecule has 0 aromatic carbocycles. The number of rotatable bonds is 2. The number of nitrogens with zero attached hydrogens (tertiary/aromatic N) is 3. The monoisotopic (exact) mass is 300 g/mol. The molecule has 8 nitrogen and oxygen atoms in total. The van der Waals surface area contributed by atoms with E-state index in [1.807, 2.05) is 0 Å². The Labute approximate surface area is 116 Å². The van der Waals surface area contributed by atoms with Crippen LogP contribution in [-0.4, -0.2) is 60.5 Å². The number of sulfone groups is 1. The minimum Gasteiger partial charge on any atom is -0.337 e. The van der Waals surface area contributed by atoms with Gasteiger partial charge in [-0.15, -0.1) is 0 Å². The van der Waals surface area contributed by atoms with Gasteiger partial charge in [-0.25, -0.2) is 8.42 Å². The van der Waals surface area contributed by atoms with Gasteiger partial charge in [0.2, 0.25) is 5.89 Å². The van der Waals surface area contributed by atoms with Crippen LogP contribution in [0.2, 0.25) is 0 Å². The first kappa shape index (κ1) is 13.5.